The van der Waals surface area contributed by atoms with E-state index >= 15 is 0 Å². The molecule has 1 amide bonds. The van der Waals surface area contributed by atoms with Crippen LogP contribution in [0, 0.1) is 0 Å². The van der Waals surface area contributed by atoms with Gasteiger partial charge in [0.2, 0.25) is 5.12 Å². The summed E-state index contributed by atoms with van der Waals surface area (Å²) in [5.41, 5.74) is 2.72. The van der Waals surface area contributed by atoms with E-state index < -0.39 is 0 Å². The first-order valence-corrected chi connectivity index (χ1v) is 11.0. The van der Waals surface area contributed by atoms with Gasteiger partial charge in [0.1, 0.15) is 0 Å². The van der Waals surface area contributed by atoms with Crippen LogP contribution in [0.3, 0.4) is 0 Å². The first kappa shape index (κ1) is 20.6. The van der Waals surface area contributed by atoms with Crippen molar-refractivity contribution in [3.05, 3.63) is 126 Å². The molecule has 4 heteroatoms. The van der Waals surface area contributed by atoms with Gasteiger partial charge >= 0.3 is 0 Å². The van der Waals surface area contributed by atoms with Gasteiger partial charge < -0.3 is 5.32 Å². The average Bonchev–Trinajstić information content (AvgIpc) is 2.83. The van der Waals surface area contributed by atoms with Crippen molar-refractivity contribution in [2.45, 2.75) is 5.75 Å². The average molecular weight is 424 g/mol. The molecule has 4 aromatic rings. The van der Waals surface area contributed by atoms with E-state index in [-0.39, 0.29) is 16.7 Å². The van der Waals surface area contributed by atoms with Gasteiger partial charge in [0.05, 0.1) is 5.70 Å². The standard InChI is InChI=1S/C27H21NO2S/c29-26(22-13-5-2-6-14-22)28-25(27(30)31-19-20-10-3-1-4-11-20)18-23-16-9-15-21-12-7-8-17-24(21)23/h1-18H,19H2,(H,28,29)/b25-18-. The van der Waals surface area contributed by atoms with Crippen LogP contribution in [0.25, 0.3) is 16.8 Å². The molecule has 0 aromatic heterocycles. The molecule has 1 N–H and O–H groups in total. The van der Waals surface area contributed by atoms with E-state index in [1.165, 1.54) is 11.8 Å². The molecule has 31 heavy (non-hydrogen) atoms. The fourth-order valence-corrected chi connectivity index (χ4v) is 4.02. The van der Waals surface area contributed by atoms with Crippen molar-refractivity contribution >= 4 is 39.6 Å². The van der Waals surface area contributed by atoms with Crippen LogP contribution in [-0.2, 0) is 10.5 Å². The Bertz CT molecular complexity index is 1230. The topological polar surface area (TPSA) is 46.2 Å². The summed E-state index contributed by atoms with van der Waals surface area (Å²) in [6, 6.07) is 32.6. The highest BCUT2D eigenvalue weighted by Crippen LogP contribution is 2.23. The van der Waals surface area contributed by atoms with Crippen molar-refractivity contribution in [1.29, 1.82) is 0 Å². The smallest absolute Gasteiger partial charge is 0.255 e. The summed E-state index contributed by atoms with van der Waals surface area (Å²) in [5, 5.41) is 4.76. The van der Waals surface area contributed by atoms with E-state index in [9.17, 15) is 9.59 Å². The van der Waals surface area contributed by atoms with Crippen molar-refractivity contribution in [2.75, 3.05) is 0 Å². The number of amides is 1. The largest absolute Gasteiger partial charge is 0.318 e. The van der Waals surface area contributed by atoms with Crippen molar-refractivity contribution in [2.24, 2.45) is 0 Å². The Hall–Kier alpha value is -3.63. The minimum absolute atomic E-state index is 0.180. The molecule has 0 aliphatic rings. The number of rotatable bonds is 6. The monoisotopic (exact) mass is 423 g/mol. The molecular weight excluding hydrogens is 402 g/mol. The number of nitrogens with one attached hydrogen (secondary N) is 1. The summed E-state index contributed by atoms with van der Waals surface area (Å²) in [7, 11) is 0. The molecule has 0 fully saturated rings. The van der Waals surface area contributed by atoms with Gasteiger partial charge in [0.15, 0.2) is 0 Å². The first-order chi connectivity index (χ1) is 15.2. The van der Waals surface area contributed by atoms with Crippen molar-refractivity contribution < 1.29 is 9.59 Å². The molecule has 0 radical (unpaired) electrons. The number of hydrogen-bond donors (Lipinski definition) is 1. The molecule has 3 nitrogen and oxygen atoms in total. The predicted molar refractivity (Wildman–Crippen MR) is 129 cm³/mol. The number of fused-ring (bicyclic) bond motifs is 1. The van der Waals surface area contributed by atoms with Crippen LogP contribution in [-0.4, -0.2) is 11.0 Å². The van der Waals surface area contributed by atoms with Crippen LogP contribution in [0.2, 0.25) is 0 Å². The van der Waals surface area contributed by atoms with Crippen LogP contribution in [0.1, 0.15) is 21.5 Å². The number of thioether (sulfide) groups is 1. The van der Waals surface area contributed by atoms with E-state index in [4.69, 9.17) is 0 Å². The maximum absolute atomic E-state index is 13.1. The molecule has 0 aliphatic heterocycles. The number of carbonyl (C=O) groups excluding carboxylic acids is 2. The SMILES string of the molecule is O=C(SCc1ccccc1)/C(=C/c1cccc2ccccc12)NC(=O)c1ccccc1. The van der Waals surface area contributed by atoms with Crippen molar-refractivity contribution in [1.82, 2.24) is 5.32 Å². The lowest BCUT2D eigenvalue weighted by Gasteiger charge is -2.11. The van der Waals surface area contributed by atoms with Gasteiger partial charge in [0.25, 0.3) is 5.91 Å². The third kappa shape index (κ3) is 5.30. The number of benzene rings is 4. The highest BCUT2D eigenvalue weighted by Gasteiger charge is 2.16. The zero-order valence-corrected chi connectivity index (χ0v) is 17.6. The Morgan fingerprint density at radius 2 is 1.39 bits per heavy atom. The van der Waals surface area contributed by atoms with Crippen LogP contribution in [0.15, 0.2) is 109 Å². The van der Waals surface area contributed by atoms with E-state index in [1.54, 1.807) is 30.3 Å². The van der Waals surface area contributed by atoms with Gasteiger partial charge in [0, 0.05) is 11.3 Å². The third-order valence-corrected chi connectivity index (χ3v) is 5.80. The molecule has 152 valence electrons. The Balaban J connectivity index is 1.65. The molecule has 4 aromatic carbocycles. The summed E-state index contributed by atoms with van der Waals surface area (Å²) in [4.78, 5) is 25.9. The molecular formula is C27H21NO2S. The van der Waals surface area contributed by atoms with Crippen LogP contribution in [0.4, 0.5) is 0 Å². The third-order valence-electron chi connectivity index (χ3n) is 4.84. The lowest BCUT2D eigenvalue weighted by Crippen LogP contribution is -2.26. The van der Waals surface area contributed by atoms with Crippen LogP contribution >= 0.6 is 11.8 Å². The van der Waals surface area contributed by atoms with Gasteiger partial charge in [-0.2, -0.15) is 0 Å². The molecule has 0 unspecified atom stereocenters. The minimum Gasteiger partial charge on any atom is -0.318 e. The van der Waals surface area contributed by atoms with E-state index in [1.807, 2.05) is 78.9 Å². The second-order valence-electron chi connectivity index (χ2n) is 7.01. The Morgan fingerprint density at radius 1 is 0.742 bits per heavy atom. The molecule has 4 rings (SSSR count). The molecule has 0 spiro atoms. The van der Waals surface area contributed by atoms with Crippen LogP contribution in [0.5, 0.6) is 0 Å². The molecule has 0 saturated heterocycles. The maximum atomic E-state index is 13.1. The second-order valence-corrected chi connectivity index (χ2v) is 7.96. The molecule has 0 bridgehead atoms. The van der Waals surface area contributed by atoms with E-state index in [0.717, 1.165) is 21.9 Å². The van der Waals surface area contributed by atoms with Crippen LogP contribution < -0.4 is 5.32 Å². The Labute approximate surface area is 185 Å². The first-order valence-electron chi connectivity index (χ1n) is 9.97. The molecule has 0 atom stereocenters. The minimum atomic E-state index is -0.305. The van der Waals surface area contributed by atoms with Gasteiger partial charge in [-0.25, -0.2) is 0 Å². The fourth-order valence-electron chi connectivity index (χ4n) is 3.26. The summed E-state index contributed by atoms with van der Waals surface area (Å²) >= 11 is 1.18. The Kier molecular flexibility index (Phi) is 6.60. The maximum Gasteiger partial charge on any atom is 0.255 e. The van der Waals surface area contributed by atoms with Gasteiger partial charge in [-0.3, -0.25) is 9.59 Å². The predicted octanol–water partition coefficient (Wildman–Crippen LogP) is 6.07. The lowest BCUT2D eigenvalue weighted by molar-refractivity contribution is -0.108. The summed E-state index contributed by atoms with van der Waals surface area (Å²) in [5.74, 6) is 0.231. The quantitative estimate of drug-likeness (QED) is 0.383. The van der Waals surface area contributed by atoms with E-state index in [2.05, 4.69) is 5.32 Å². The molecule has 0 aliphatic carbocycles. The highest BCUT2D eigenvalue weighted by atomic mass is 32.2. The van der Waals surface area contributed by atoms with Crippen molar-refractivity contribution in [3.63, 3.8) is 0 Å². The summed E-state index contributed by atoms with van der Waals surface area (Å²) in [6.45, 7) is 0. The van der Waals surface area contributed by atoms with Gasteiger partial charge in [-0.05, 0) is 40.1 Å². The molecule has 0 heterocycles. The van der Waals surface area contributed by atoms with Gasteiger partial charge in [-0.15, -0.1) is 0 Å². The number of carbonyl (C=O) groups is 2. The summed E-state index contributed by atoms with van der Waals surface area (Å²) < 4.78 is 0. The zero-order chi connectivity index (χ0) is 21.5. The Morgan fingerprint density at radius 3 is 2.16 bits per heavy atom. The van der Waals surface area contributed by atoms with Crippen molar-refractivity contribution in [3.8, 4) is 0 Å². The fraction of sp³-hybridized carbons (Fsp3) is 0.0370. The highest BCUT2D eigenvalue weighted by molar-refractivity contribution is 8.13. The number of hydrogen-bond acceptors (Lipinski definition) is 3. The zero-order valence-electron chi connectivity index (χ0n) is 16.8. The summed E-state index contributed by atoms with van der Waals surface area (Å²) in [6.07, 6.45) is 1.77. The van der Waals surface area contributed by atoms with Gasteiger partial charge in [-0.1, -0.05) is 103 Å². The molecule has 0 saturated carbocycles. The second kappa shape index (κ2) is 9.92. The normalized spacial score (nSPS) is 11.3. The van der Waals surface area contributed by atoms with E-state index in [0.29, 0.717) is 11.3 Å². The lowest BCUT2D eigenvalue weighted by atomic mass is 10.0.